The van der Waals surface area contributed by atoms with Gasteiger partial charge in [0.2, 0.25) is 5.91 Å². The minimum atomic E-state index is 0.00828. The fraction of sp³-hybridized carbons (Fsp3) is 0.333. The summed E-state index contributed by atoms with van der Waals surface area (Å²) >= 11 is 0. The van der Waals surface area contributed by atoms with E-state index in [1.165, 1.54) is 0 Å². The molecule has 0 spiro atoms. The van der Waals surface area contributed by atoms with Gasteiger partial charge in [-0.3, -0.25) is 4.79 Å². The maximum absolute atomic E-state index is 11.9. The van der Waals surface area contributed by atoms with E-state index in [0.717, 1.165) is 30.0 Å². The number of rotatable bonds is 7. The third kappa shape index (κ3) is 4.12. The van der Waals surface area contributed by atoms with Crippen LogP contribution in [0.5, 0.6) is 5.75 Å². The summed E-state index contributed by atoms with van der Waals surface area (Å²) in [5.74, 6) is 1.70. The first-order valence-electron chi connectivity index (χ1n) is 6.66. The number of para-hydroxylation sites is 1. The van der Waals surface area contributed by atoms with Crippen LogP contribution in [0, 0.1) is 0 Å². The van der Waals surface area contributed by atoms with Crippen LogP contribution in [0.1, 0.15) is 17.8 Å². The fourth-order valence-corrected chi connectivity index (χ4v) is 2.00. The first-order valence-corrected chi connectivity index (χ1v) is 6.66. The summed E-state index contributed by atoms with van der Waals surface area (Å²) in [7, 11) is 1.61. The predicted octanol–water partition coefficient (Wildman–Crippen LogP) is 1.71. The van der Waals surface area contributed by atoms with Crippen molar-refractivity contribution in [1.29, 1.82) is 0 Å². The maximum atomic E-state index is 11.9. The molecule has 20 heavy (non-hydrogen) atoms. The lowest BCUT2D eigenvalue weighted by atomic mass is 10.1. The van der Waals surface area contributed by atoms with Gasteiger partial charge in [-0.1, -0.05) is 18.2 Å². The quantitative estimate of drug-likeness (QED) is 0.755. The molecule has 1 amide bonds. The number of hydrogen-bond acceptors (Lipinski definition) is 3. The molecule has 1 heterocycles. The molecular weight excluding hydrogens is 254 g/mol. The van der Waals surface area contributed by atoms with E-state index in [2.05, 4.69) is 15.3 Å². The zero-order valence-electron chi connectivity index (χ0n) is 11.6. The highest BCUT2D eigenvalue weighted by molar-refractivity contribution is 5.79. The molecule has 0 atom stereocenters. The summed E-state index contributed by atoms with van der Waals surface area (Å²) in [6, 6.07) is 7.56. The van der Waals surface area contributed by atoms with E-state index in [-0.39, 0.29) is 5.91 Å². The molecule has 2 rings (SSSR count). The van der Waals surface area contributed by atoms with Gasteiger partial charge in [0.15, 0.2) is 0 Å². The molecule has 2 aromatic rings. The number of carbonyl (C=O) groups is 1. The number of carbonyl (C=O) groups excluding carboxylic acids is 1. The van der Waals surface area contributed by atoms with Crippen LogP contribution in [0.25, 0.3) is 0 Å². The van der Waals surface area contributed by atoms with E-state index in [1.807, 2.05) is 24.3 Å². The Morgan fingerprint density at radius 2 is 2.25 bits per heavy atom. The van der Waals surface area contributed by atoms with Crippen LogP contribution >= 0.6 is 0 Å². The van der Waals surface area contributed by atoms with Gasteiger partial charge in [-0.15, -0.1) is 0 Å². The van der Waals surface area contributed by atoms with E-state index in [9.17, 15) is 4.79 Å². The van der Waals surface area contributed by atoms with E-state index in [1.54, 1.807) is 19.5 Å². The summed E-state index contributed by atoms with van der Waals surface area (Å²) in [5.41, 5.74) is 0.901. The van der Waals surface area contributed by atoms with Gasteiger partial charge >= 0.3 is 0 Å². The van der Waals surface area contributed by atoms with Crippen LogP contribution in [0.2, 0.25) is 0 Å². The van der Waals surface area contributed by atoms with Crippen LogP contribution in [0.15, 0.2) is 36.7 Å². The second-order valence-corrected chi connectivity index (χ2v) is 4.48. The number of aryl methyl sites for hydroxylation is 1. The van der Waals surface area contributed by atoms with Crippen LogP contribution < -0.4 is 10.1 Å². The normalized spacial score (nSPS) is 10.2. The summed E-state index contributed by atoms with van der Waals surface area (Å²) in [6.07, 6.45) is 5.57. The van der Waals surface area contributed by atoms with Gasteiger partial charge in [0.1, 0.15) is 11.6 Å². The lowest BCUT2D eigenvalue weighted by Crippen LogP contribution is -2.26. The molecule has 0 aliphatic heterocycles. The van der Waals surface area contributed by atoms with Gasteiger partial charge in [0.25, 0.3) is 0 Å². The topological polar surface area (TPSA) is 67.0 Å². The third-order valence-electron chi connectivity index (χ3n) is 3.01. The Morgan fingerprint density at radius 3 is 3.00 bits per heavy atom. The number of benzene rings is 1. The van der Waals surface area contributed by atoms with Crippen molar-refractivity contribution in [3.63, 3.8) is 0 Å². The monoisotopic (exact) mass is 273 g/mol. The summed E-state index contributed by atoms with van der Waals surface area (Å²) in [4.78, 5) is 19.0. The molecule has 0 aliphatic rings. The molecule has 2 N–H and O–H groups in total. The highest BCUT2D eigenvalue weighted by atomic mass is 16.5. The standard InChI is InChI=1S/C15H19N3O2/c1-20-13-6-3-2-5-12(13)11-15(19)18-8-4-7-14-16-9-10-17-14/h2-3,5-6,9-10H,4,7-8,11H2,1H3,(H,16,17)(H,18,19). The van der Waals surface area contributed by atoms with Gasteiger partial charge in [0.05, 0.1) is 13.5 Å². The Balaban J connectivity index is 1.72. The van der Waals surface area contributed by atoms with E-state index >= 15 is 0 Å². The lowest BCUT2D eigenvalue weighted by molar-refractivity contribution is -0.120. The van der Waals surface area contributed by atoms with Crippen molar-refractivity contribution in [1.82, 2.24) is 15.3 Å². The molecule has 0 unspecified atom stereocenters. The maximum Gasteiger partial charge on any atom is 0.224 e. The predicted molar refractivity (Wildman–Crippen MR) is 76.6 cm³/mol. The zero-order chi connectivity index (χ0) is 14.2. The highest BCUT2D eigenvalue weighted by Gasteiger charge is 2.07. The lowest BCUT2D eigenvalue weighted by Gasteiger charge is -2.08. The Kier molecular flexibility index (Phi) is 5.17. The average molecular weight is 273 g/mol. The van der Waals surface area contributed by atoms with Crippen molar-refractivity contribution in [2.45, 2.75) is 19.3 Å². The largest absolute Gasteiger partial charge is 0.496 e. The third-order valence-corrected chi connectivity index (χ3v) is 3.01. The van der Waals surface area contributed by atoms with Gasteiger partial charge in [-0.25, -0.2) is 4.98 Å². The van der Waals surface area contributed by atoms with Gasteiger partial charge < -0.3 is 15.0 Å². The number of imidazole rings is 1. The Bertz CT molecular complexity index is 538. The number of methoxy groups -OCH3 is 1. The minimum Gasteiger partial charge on any atom is -0.496 e. The molecule has 0 aliphatic carbocycles. The van der Waals surface area contributed by atoms with Crippen LogP contribution in [0.4, 0.5) is 0 Å². The zero-order valence-corrected chi connectivity index (χ0v) is 11.6. The Labute approximate surface area is 118 Å². The number of amides is 1. The van der Waals surface area contributed by atoms with Gasteiger partial charge in [-0.2, -0.15) is 0 Å². The minimum absolute atomic E-state index is 0.00828. The van der Waals surface area contributed by atoms with Crippen LogP contribution in [-0.2, 0) is 17.6 Å². The molecular formula is C15H19N3O2. The Hall–Kier alpha value is -2.30. The Morgan fingerprint density at radius 1 is 1.40 bits per heavy atom. The van der Waals surface area contributed by atoms with Crippen molar-refractivity contribution >= 4 is 5.91 Å². The molecule has 0 bridgehead atoms. The molecule has 0 fully saturated rings. The van der Waals surface area contributed by atoms with E-state index < -0.39 is 0 Å². The molecule has 1 aromatic heterocycles. The molecule has 0 saturated carbocycles. The van der Waals surface area contributed by atoms with Crippen molar-refractivity contribution in [3.8, 4) is 5.75 Å². The van der Waals surface area contributed by atoms with Crippen LogP contribution in [0.3, 0.4) is 0 Å². The van der Waals surface area contributed by atoms with Gasteiger partial charge in [-0.05, 0) is 12.5 Å². The molecule has 5 nitrogen and oxygen atoms in total. The number of aromatic amines is 1. The molecule has 1 aromatic carbocycles. The van der Waals surface area contributed by atoms with Crippen molar-refractivity contribution in [2.75, 3.05) is 13.7 Å². The first-order chi connectivity index (χ1) is 9.79. The fourth-order valence-electron chi connectivity index (χ4n) is 2.00. The average Bonchev–Trinajstić information content (AvgIpc) is 2.97. The van der Waals surface area contributed by atoms with E-state index in [0.29, 0.717) is 13.0 Å². The van der Waals surface area contributed by atoms with E-state index in [4.69, 9.17) is 4.74 Å². The number of nitrogens with zero attached hydrogens (tertiary/aromatic N) is 1. The summed E-state index contributed by atoms with van der Waals surface area (Å²) in [5, 5.41) is 2.91. The molecule has 0 saturated heterocycles. The SMILES string of the molecule is COc1ccccc1CC(=O)NCCCc1ncc[nH]1. The number of ether oxygens (including phenoxy) is 1. The second kappa shape index (κ2) is 7.33. The summed E-state index contributed by atoms with van der Waals surface area (Å²) in [6.45, 7) is 0.648. The van der Waals surface area contributed by atoms with Crippen LogP contribution in [-0.4, -0.2) is 29.5 Å². The number of aromatic nitrogens is 2. The second-order valence-electron chi connectivity index (χ2n) is 4.48. The summed E-state index contributed by atoms with van der Waals surface area (Å²) < 4.78 is 5.23. The van der Waals surface area contributed by atoms with Crippen molar-refractivity contribution in [3.05, 3.63) is 48.0 Å². The number of nitrogens with one attached hydrogen (secondary N) is 2. The smallest absolute Gasteiger partial charge is 0.224 e. The molecule has 0 radical (unpaired) electrons. The van der Waals surface area contributed by atoms with Crippen molar-refractivity contribution in [2.24, 2.45) is 0 Å². The number of hydrogen-bond donors (Lipinski definition) is 2. The molecule has 5 heteroatoms. The molecule has 106 valence electrons. The highest BCUT2D eigenvalue weighted by Crippen LogP contribution is 2.17. The number of H-pyrrole nitrogens is 1. The van der Waals surface area contributed by atoms with Gasteiger partial charge in [0, 0.05) is 30.9 Å². The first kappa shape index (κ1) is 14.1. The van der Waals surface area contributed by atoms with Crippen molar-refractivity contribution < 1.29 is 9.53 Å².